The molecule has 1 fully saturated rings. The minimum atomic E-state index is -0.971. The molecule has 5 N–H and O–H groups in total. The SMILES string of the molecule is CC[C@H](C)[C@@H]1NC(=O)[C@H](CC(C)C)NC(=O)[C@H](Cc2ccccc2)NC(=O)CNC(=O)[C@H](CC(C)C)NC1=O. The molecule has 0 saturated carbocycles. The van der Waals surface area contributed by atoms with Crippen LogP contribution in [0.5, 0.6) is 0 Å². The lowest BCUT2D eigenvalue weighted by Gasteiger charge is -2.29. The van der Waals surface area contributed by atoms with Gasteiger partial charge in [-0.05, 0) is 36.2 Å². The first kappa shape index (κ1) is 31.8. The third-order valence-corrected chi connectivity index (χ3v) is 6.83. The molecule has 39 heavy (non-hydrogen) atoms. The molecule has 0 unspecified atom stereocenters. The van der Waals surface area contributed by atoms with Gasteiger partial charge in [0.2, 0.25) is 29.5 Å². The molecule has 1 aliphatic heterocycles. The Morgan fingerprint density at radius 2 is 1.23 bits per heavy atom. The molecular weight excluding hydrogens is 498 g/mol. The summed E-state index contributed by atoms with van der Waals surface area (Å²) in [6.07, 6.45) is 1.51. The van der Waals surface area contributed by atoms with Crippen LogP contribution in [0.1, 0.15) is 66.4 Å². The average Bonchev–Trinajstić information content (AvgIpc) is 2.88. The molecule has 5 atom stereocenters. The summed E-state index contributed by atoms with van der Waals surface area (Å²) in [5.41, 5.74) is 0.827. The Kier molecular flexibility index (Phi) is 12.4. The summed E-state index contributed by atoms with van der Waals surface area (Å²) in [6.45, 7) is 11.1. The molecule has 0 radical (unpaired) electrons. The molecule has 10 heteroatoms. The maximum atomic E-state index is 13.5. The summed E-state index contributed by atoms with van der Waals surface area (Å²) in [6, 6.07) is 5.55. The minimum absolute atomic E-state index is 0.0680. The van der Waals surface area contributed by atoms with E-state index >= 15 is 0 Å². The molecule has 1 aliphatic rings. The lowest BCUT2D eigenvalue weighted by atomic mass is 9.95. The molecule has 1 aromatic carbocycles. The maximum absolute atomic E-state index is 13.5. The summed E-state index contributed by atoms with van der Waals surface area (Å²) >= 11 is 0. The summed E-state index contributed by atoms with van der Waals surface area (Å²) < 4.78 is 0. The largest absolute Gasteiger partial charge is 0.345 e. The van der Waals surface area contributed by atoms with Gasteiger partial charge in [0.15, 0.2) is 0 Å². The average molecular weight is 544 g/mol. The highest BCUT2D eigenvalue weighted by Gasteiger charge is 2.34. The molecule has 5 amide bonds. The zero-order valence-electron chi connectivity index (χ0n) is 24.0. The minimum Gasteiger partial charge on any atom is -0.345 e. The van der Waals surface area contributed by atoms with Gasteiger partial charge in [0.1, 0.15) is 24.2 Å². The van der Waals surface area contributed by atoms with E-state index in [4.69, 9.17) is 0 Å². The van der Waals surface area contributed by atoms with Crippen molar-refractivity contribution < 1.29 is 24.0 Å². The molecule has 2 rings (SSSR count). The van der Waals surface area contributed by atoms with Crippen molar-refractivity contribution in [2.24, 2.45) is 17.8 Å². The maximum Gasteiger partial charge on any atom is 0.243 e. The van der Waals surface area contributed by atoms with Crippen LogP contribution in [-0.4, -0.2) is 60.2 Å². The number of carbonyl (C=O) groups is 5. The lowest BCUT2D eigenvalue weighted by Crippen LogP contribution is -2.59. The molecular formula is C29H45N5O5. The third-order valence-electron chi connectivity index (χ3n) is 6.83. The Bertz CT molecular complexity index is 997. The number of nitrogens with one attached hydrogen (secondary N) is 5. The zero-order chi connectivity index (χ0) is 29.1. The van der Waals surface area contributed by atoms with Crippen LogP contribution in [0.25, 0.3) is 0 Å². The van der Waals surface area contributed by atoms with Crippen LogP contribution >= 0.6 is 0 Å². The van der Waals surface area contributed by atoms with Crippen molar-refractivity contribution in [2.75, 3.05) is 6.54 Å². The highest BCUT2D eigenvalue weighted by molar-refractivity contribution is 5.97. The number of hydrogen-bond acceptors (Lipinski definition) is 5. The normalized spacial score (nSPS) is 24.6. The highest BCUT2D eigenvalue weighted by Crippen LogP contribution is 2.13. The van der Waals surface area contributed by atoms with Crippen LogP contribution in [0.4, 0.5) is 0 Å². The monoisotopic (exact) mass is 543 g/mol. The van der Waals surface area contributed by atoms with Gasteiger partial charge in [0.25, 0.3) is 0 Å². The van der Waals surface area contributed by atoms with Gasteiger partial charge in [-0.15, -0.1) is 0 Å². The summed E-state index contributed by atoms with van der Waals surface area (Å²) in [7, 11) is 0. The van der Waals surface area contributed by atoms with Crippen molar-refractivity contribution in [3.63, 3.8) is 0 Å². The quantitative estimate of drug-likeness (QED) is 0.337. The second-order valence-corrected chi connectivity index (χ2v) is 11.3. The van der Waals surface area contributed by atoms with Crippen LogP contribution in [0.3, 0.4) is 0 Å². The van der Waals surface area contributed by atoms with E-state index in [0.717, 1.165) is 5.56 Å². The fourth-order valence-electron chi connectivity index (χ4n) is 4.49. The summed E-state index contributed by atoms with van der Waals surface area (Å²) in [4.78, 5) is 66.2. The molecule has 216 valence electrons. The molecule has 1 heterocycles. The Morgan fingerprint density at radius 1 is 0.692 bits per heavy atom. The number of carbonyl (C=O) groups excluding carboxylic acids is 5. The van der Waals surface area contributed by atoms with E-state index in [9.17, 15) is 24.0 Å². The van der Waals surface area contributed by atoms with E-state index in [0.29, 0.717) is 19.3 Å². The van der Waals surface area contributed by atoms with Crippen LogP contribution in [0.2, 0.25) is 0 Å². The molecule has 0 aromatic heterocycles. The fourth-order valence-corrected chi connectivity index (χ4v) is 4.49. The summed E-state index contributed by atoms with van der Waals surface area (Å²) in [5, 5.41) is 13.7. The van der Waals surface area contributed by atoms with Crippen molar-refractivity contribution >= 4 is 29.5 Å². The molecule has 0 spiro atoms. The predicted molar refractivity (Wildman–Crippen MR) is 149 cm³/mol. The Morgan fingerprint density at radius 3 is 1.79 bits per heavy atom. The molecule has 10 nitrogen and oxygen atoms in total. The van der Waals surface area contributed by atoms with Gasteiger partial charge >= 0.3 is 0 Å². The van der Waals surface area contributed by atoms with Crippen LogP contribution in [0.15, 0.2) is 30.3 Å². The smallest absolute Gasteiger partial charge is 0.243 e. The highest BCUT2D eigenvalue weighted by atomic mass is 16.2. The lowest BCUT2D eigenvalue weighted by molar-refractivity contribution is -0.135. The Hall–Kier alpha value is -3.43. The van der Waals surface area contributed by atoms with Gasteiger partial charge in [-0.2, -0.15) is 0 Å². The van der Waals surface area contributed by atoms with Gasteiger partial charge in [0, 0.05) is 6.42 Å². The number of hydrogen-bond donors (Lipinski definition) is 5. The van der Waals surface area contributed by atoms with Crippen molar-refractivity contribution in [3.8, 4) is 0 Å². The van der Waals surface area contributed by atoms with E-state index in [-0.39, 0.29) is 30.7 Å². The fraction of sp³-hybridized carbons (Fsp3) is 0.621. The molecule has 1 aromatic rings. The van der Waals surface area contributed by atoms with Gasteiger partial charge in [0.05, 0.1) is 6.54 Å². The van der Waals surface area contributed by atoms with Gasteiger partial charge < -0.3 is 26.6 Å². The van der Waals surface area contributed by atoms with Crippen molar-refractivity contribution in [1.82, 2.24) is 26.6 Å². The van der Waals surface area contributed by atoms with Crippen LogP contribution in [0, 0.1) is 17.8 Å². The first-order valence-electron chi connectivity index (χ1n) is 13.9. The Labute approximate surface area is 231 Å². The molecule has 0 bridgehead atoms. The second kappa shape index (κ2) is 15.2. The number of amides is 5. The number of rotatable bonds is 8. The van der Waals surface area contributed by atoms with Crippen molar-refractivity contribution in [3.05, 3.63) is 35.9 Å². The number of benzene rings is 1. The van der Waals surface area contributed by atoms with Gasteiger partial charge in [-0.1, -0.05) is 78.3 Å². The topological polar surface area (TPSA) is 146 Å². The summed E-state index contributed by atoms with van der Waals surface area (Å²) in [5.74, 6) is -2.60. The van der Waals surface area contributed by atoms with E-state index in [2.05, 4.69) is 26.6 Å². The van der Waals surface area contributed by atoms with E-state index in [1.165, 1.54) is 0 Å². The Balaban J connectivity index is 2.46. The molecule has 0 aliphatic carbocycles. The first-order valence-corrected chi connectivity index (χ1v) is 13.9. The van der Waals surface area contributed by atoms with Gasteiger partial charge in [-0.25, -0.2) is 0 Å². The predicted octanol–water partition coefficient (Wildman–Crippen LogP) is 1.44. The van der Waals surface area contributed by atoms with E-state index < -0.39 is 53.7 Å². The van der Waals surface area contributed by atoms with Crippen molar-refractivity contribution in [2.45, 2.75) is 91.4 Å². The van der Waals surface area contributed by atoms with E-state index in [1.54, 1.807) is 0 Å². The van der Waals surface area contributed by atoms with Gasteiger partial charge in [-0.3, -0.25) is 24.0 Å². The second-order valence-electron chi connectivity index (χ2n) is 11.3. The van der Waals surface area contributed by atoms with Crippen LogP contribution < -0.4 is 26.6 Å². The zero-order valence-corrected chi connectivity index (χ0v) is 24.0. The third kappa shape index (κ3) is 10.3. The first-order chi connectivity index (χ1) is 18.4. The standard InChI is InChI=1S/C29H45N5O5/c1-7-19(6)25-29(39)33-21(13-17(2)3)26(36)30-16-24(35)31-23(15-20-11-9-8-10-12-20)27(37)32-22(14-18(4)5)28(38)34-25/h8-12,17-19,21-23,25H,7,13-16H2,1-6H3,(H,30,36)(H,31,35)(H,32,37)(H,33,39)(H,34,38)/t19-,21-,22-,23-,25-/m0/s1. The van der Waals surface area contributed by atoms with E-state index in [1.807, 2.05) is 71.9 Å². The van der Waals surface area contributed by atoms with Crippen LogP contribution in [-0.2, 0) is 30.4 Å². The van der Waals surface area contributed by atoms with Crippen molar-refractivity contribution in [1.29, 1.82) is 0 Å². The molecule has 1 saturated heterocycles.